The van der Waals surface area contributed by atoms with Crippen LogP contribution in [0.25, 0.3) is 0 Å². The maximum absolute atomic E-state index is 10.6. The molecule has 0 aromatic rings. The standard InChI is InChI=1S/C15H27NO/c1-11-4-6-15(17,7-5-11)10-16-14-9-12-2-3-13(14)8-12/h11-14,16-17H,2-10H2,1H3. The highest BCUT2D eigenvalue weighted by Crippen LogP contribution is 2.44. The van der Waals surface area contributed by atoms with E-state index >= 15 is 0 Å². The van der Waals surface area contributed by atoms with Gasteiger partial charge in [0.15, 0.2) is 0 Å². The van der Waals surface area contributed by atoms with E-state index in [4.69, 9.17) is 0 Å². The molecule has 3 saturated carbocycles. The highest BCUT2D eigenvalue weighted by Gasteiger charge is 2.40. The summed E-state index contributed by atoms with van der Waals surface area (Å²) in [6, 6.07) is 0.720. The number of hydrogen-bond donors (Lipinski definition) is 2. The highest BCUT2D eigenvalue weighted by atomic mass is 16.3. The lowest BCUT2D eigenvalue weighted by atomic mass is 9.79. The molecule has 3 rings (SSSR count). The van der Waals surface area contributed by atoms with Gasteiger partial charge >= 0.3 is 0 Å². The Morgan fingerprint density at radius 3 is 2.47 bits per heavy atom. The molecule has 2 nitrogen and oxygen atoms in total. The van der Waals surface area contributed by atoms with Crippen LogP contribution in [-0.2, 0) is 0 Å². The van der Waals surface area contributed by atoms with Crippen LogP contribution in [0.2, 0.25) is 0 Å². The molecule has 0 aromatic carbocycles. The molecule has 0 spiro atoms. The molecule has 3 unspecified atom stereocenters. The van der Waals surface area contributed by atoms with E-state index in [2.05, 4.69) is 12.2 Å². The second kappa shape index (κ2) is 4.55. The highest BCUT2D eigenvalue weighted by molar-refractivity contribution is 4.96. The maximum atomic E-state index is 10.6. The molecule has 2 heteroatoms. The van der Waals surface area contributed by atoms with Gasteiger partial charge in [-0.1, -0.05) is 13.3 Å². The number of rotatable bonds is 3. The smallest absolute Gasteiger partial charge is 0.0771 e. The molecule has 3 aliphatic rings. The van der Waals surface area contributed by atoms with Gasteiger partial charge < -0.3 is 10.4 Å². The second-order valence-electron chi connectivity index (χ2n) is 7.07. The van der Waals surface area contributed by atoms with E-state index < -0.39 is 5.60 Å². The molecular weight excluding hydrogens is 210 g/mol. The third-order valence-electron chi connectivity index (χ3n) is 5.64. The van der Waals surface area contributed by atoms with E-state index in [1.165, 1.54) is 38.5 Å². The minimum absolute atomic E-state index is 0.395. The zero-order valence-corrected chi connectivity index (χ0v) is 11.1. The van der Waals surface area contributed by atoms with Crippen molar-refractivity contribution in [3.05, 3.63) is 0 Å². The van der Waals surface area contributed by atoms with E-state index in [0.29, 0.717) is 0 Å². The van der Waals surface area contributed by atoms with Crippen LogP contribution in [0.4, 0.5) is 0 Å². The average molecular weight is 237 g/mol. The lowest BCUT2D eigenvalue weighted by molar-refractivity contribution is -0.00947. The fourth-order valence-corrected chi connectivity index (χ4v) is 4.29. The number of aliphatic hydroxyl groups is 1. The Balaban J connectivity index is 1.47. The predicted molar refractivity (Wildman–Crippen MR) is 69.8 cm³/mol. The van der Waals surface area contributed by atoms with Crippen LogP contribution in [0.5, 0.6) is 0 Å². The first kappa shape index (κ1) is 12.0. The molecule has 2 bridgehead atoms. The molecule has 0 aromatic heterocycles. The van der Waals surface area contributed by atoms with Gasteiger partial charge in [0.05, 0.1) is 5.60 Å². The fraction of sp³-hybridized carbons (Fsp3) is 1.00. The Morgan fingerprint density at radius 2 is 1.88 bits per heavy atom. The Morgan fingerprint density at radius 1 is 1.12 bits per heavy atom. The van der Waals surface area contributed by atoms with Gasteiger partial charge in [-0.3, -0.25) is 0 Å². The molecule has 0 radical (unpaired) electrons. The fourth-order valence-electron chi connectivity index (χ4n) is 4.29. The first-order chi connectivity index (χ1) is 8.15. The summed E-state index contributed by atoms with van der Waals surface area (Å²) in [7, 11) is 0. The third kappa shape index (κ3) is 2.53. The largest absolute Gasteiger partial charge is 0.389 e. The summed E-state index contributed by atoms with van der Waals surface area (Å²) in [5.41, 5.74) is -0.395. The van der Waals surface area contributed by atoms with Gasteiger partial charge in [-0.05, 0) is 62.7 Å². The van der Waals surface area contributed by atoms with Crippen LogP contribution in [0.1, 0.15) is 58.3 Å². The Hall–Kier alpha value is -0.0800. The van der Waals surface area contributed by atoms with E-state index in [0.717, 1.165) is 43.2 Å². The molecule has 0 amide bonds. The third-order valence-corrected chi connectivity index (χ3v) is 5.64. The van der Waals surface area contributed by atoms with Crippen molar-refractivity contribution in [1.29, 1.82) is 0 Å². The minimum Gasteiger partial charge on any atom is -0.389 e. The van der Waals surface area contributed by atoms with Crippen LogP contribution < -0.4 is 5.32 Å². The van der Waals surface area contributed by atoms with Crippen molar-refractivity contribution in [3.8, 4) is 0 Å². The van der Waals surface area contributed by atoms with Crippen LogP contribution >= 0.6 is 0 Å². The zero-order valence-electron chi connectivity index (χ0n) is 11.1. The molecule has 0 heterocycles. The monoisotopic (exact) mass is 237 g/mol. The summed E-state index contributed by atoms with van der Waals surface area (Å²) in [4.78, 5) is 0. The molecule has 17 heavy (non-hydrogen) atoms. The topological polar surface area (TPSA) is 32.3 Å². The summed E-state index contributed by atoms with van der Waals surface area (Å²) < 4.78 is 0. The maximum Gasteiger partial charge on any atom is 0.0771 e. The molecule has 3 atom stereocenters. The van der Waals surface area contributed by atoms with Gasteiger partial charge in [-0.2, -0.15) is 0 Å². The van der Waals surface area contributed by atoms with E-state index in [1.807, 2.05) is 0 Å². The zero-order chi connectivity index (χ0) is 11.9. The molecule has 2 N–H and O–H groups in total. The van der Waals surface area contributed by atoms with Gasteiger partial charge in [0, 0.05) is 12.6 Å². The number of hydrogen-bond acceptors (Lipinski definition) is 2. The van der Waals surface area contributed by atoms with Gasteiger partial charge in [-0.15, -0.1) is 0 Å². The van der Waals surface area contributed by atoms with E-state index in [9.17, 15) is 5.11 Å². The van der Waals surface area contributed by atoms with Crippen LogP contribution in [0.3, 0.4) is 0 Å². The van der Waals surface area contributed by atoms with Crippen molar-refractivity contribution in [2.24, 2.45) is 17.8 Å². The summed E-state index contributed by atoms with van der Waals surface area (Å²) in [5.74, 6) is 2.74. The number of fused-ring (bicyclic) bond motifs is 2. The summed E-state index contributed by atoms with van der Waals surface area (Å²) in [6.45, 7) is 3.15. The second-order valence-corrected chi connectivity index (χ2v) is 7.07. The van der Waals surface area contributed by atoms with Crippen molar-refractivity contribution >= 4 is 0 Å². The van der Waals surface area contributed by atoms with Crippen LogP contribution in [-0.4, -0.2) is 23.3 Å². The summed E-state index contributed by atoms with van der Waals surface area (Å²) >= 11 is 0. The summed E-state index contributed by atoms with van der Waals surface area (Å²) in [6.07, 6.45) is 10.1. The van der Waals surface area contributed by atoms with Crippen molar-refractivity contribution in [1.82, 2.24) is 5.32 Å². The van der Waals surface area contributed by atoms with Gasteiger partial charge in [0.2, 0.25) is 0 Å². The molecule has 0 saturated heterocycles. The number of nitrogens with one attached hydrogen (secondary N) is 1. The van der Waals surface area contributed by atoms with Crippen molar-refractivity contribution in [3.63, 3.8) is 0 Å². The lowest BCUT2D eigenvalue weighted by Gasteiger charge is -2.37. The molecule has 98 valence electrons. The average Bonchev–Trinajstić information content (AvgIpc) is 2.93. The van der Waals surface area contributed by atoms with Gasteiger partial charge in [0.1, 0.15) is 0 Å². The van der Waals surface area contributed by atoms with Crippen molar-refractivity contribution < 1.29 is 5.11 Å². The first-order valence-corrected chi connectivity index (χ1v) is 7.60. The van der Waals surface area contributed by atoms with Gasteiger partial charge in [-0.25, -0.2) is 0 Å². The normalized spacial score (nSPS) is 49.8. The molecule has 0 aliphatic heterocycles. The molecule has 3 fully saturated rings. The van der Waals surface area contributed by atoms with Crippen molar-refractivity contribution in [2.45, 2.75) is 69.9 Å². The Bertz CT molecular complexity index is 270. The lowest BCUT2D eigenvalue weighted by Crippen LogP contribution is -2.47. The van der Waals surface area contributed by atoms with Crippen LogP contribution in [0.15, 0.2) is 0 Å². The Kier molecular flexibility index (Phi) is 3.20. The van der Waals surface area contributed by atoms with Crippen molar-refractivity contribution in [2.75, 3.05) is 6.54 Å². The van der Waals surface area contributed by atoms with Gasteiger partial charge in [0.25, 0.3) is 0 Å². The molecular formula is C15H27NO. The SMILES string of the molecule is CC1CCC(O)(CNC2CC3CCC2C3)CC1. The van der Waals surface area contributed by atoms with Crippen LogP contribution in [0, 0.1) is 17.8 Å². The molecule has 3 aliphatic carbocycles. The quantitative estimate of drug-likeness (QED) is 0.791. The minimum atomic E-state index is -0.395. The summed E-state index contributed by atoms with van der Waals surface area (Å²) in [5, 5.41) is 14.2. The van der Waals surface area contributed by atoms with E-state index in [1.54, 1.807) is 0 Å². The Labute approximate surface area is 105 Å². The van der Waals surface area contributed by atoms with E-state index in [-0.39, 0.29) is 0 Å². The predicted octanol–water partition coefficient (Wildman–Crippen LogP) is 2.71. The first-order valence-electron chi connectivity index (χ1n) is 7.60.